The third-order valence-electron chi connectivity index (χ3n) is 5.31. The lowest BCUT2D eigenvalue weighted by Crippen LogP contribution is -2.75. The van der Waals surface area contributed by atoms with E-state index < -0.39 is 39.2 Å². The van der Waals surface area contributed by atoms with Gasteiger partial charge in [-0.25, -0.2) is 13.2 Å². The van der Waals surface area contributed by atoms with Crippen molar-refractivity contribution in [2.75, 3.05) is 13.7 Å². The molecule has 10 heteroatoms. The Morgan fingerprint density at radius 2 is 1.75 bits per heavy atom. The fourth-order valence-corrected chi connectivity index (χ4v) is 4.87. The van der Waals surface area contributed by atoms with Gasteiger partial charge in [-0.1, -0.05) is 37.3 Å². The number of hydrogen-bond acceptors (Lipinski definition) is 7. The molecule has 0 aliphatic heterocycles. The number of hydrogen-bond donors (Lipinski definition) is 4. The number of sulfone groups is 1. The molecule has 9 nitrogen and oxygen atoms in total. The maximum absolute atomic E-state index is 13.7. The van der Waals surface area contributed by atoms with Crippen molar-refractivity contribution in [3.63, 3.8) is 0 Å². The van der Waals surface area contributed by atoms with Gasteiger partial charge in [-0.15, -0.1) is 0 Å². The fraction of sp³-hybridized carbons (Fsp3) is 0.409. The molecule has 0 radical (unpaired) electrons. The van der Waals surface area contributed by atoms with E-state index in [0.717, 1.165) is 0 Å². The Morgan fingerprint density at radius 3 is 2.25 bits per heavy atom. The summed E-state index contributed by atoms with van der Waals surface area (Å²) < 4.78 is 38.0. The second kappa shape index (κ2) is 10.3. The van der Waals surface area contributed by atoms with Gasteiger partial charge in [-0.2, -0.15) is 0 Å². The summed E-state index contributed by atoms with van der Waals surface area (Å²) in [5, 5.41) is 23.2. The Kier molecular flexibility index (Phi) is 8.24. The Bertz CT molecular complexity index is 999. The average Bonchev–Trinajstić information content (AvgIpc) is 2.77. The van der Waals surface area contributed by atoms with Gasteiger partial charge in [-0.05, 0) is 43.2 Å². The molecule has 2 aromatic carbocycles. The van der Waals surface area contributed by atoms with Crippen molar-refractivity contribution in [3.05, 3.63) is 60.2 Å². The van der Waals surface area contributed by atoms with Gasteiger partial charge in [0.2, 0.25) is 14.8 Å². The quantitative estimate of drug-likeness (QED) is 0.368. The third-order valence-corrected chi connectivity index (χ3v) is 7.57. The van der Waals surface area contributed by atoms with Crippen molar-refractivity contribution >= 4 is 15.9 Å². The van der Waals surface area contributed by atoms with Crippen LogP contribution in [0.15, 0.2) is 59.5 Å². The lowest BCUT2D eigenvalue weighted by molar-refractivity contribution is -0.0678. The van der Waals surface area contributed by atoms with Gasteiger partial charge in [0, 0.05) is 6.42 Å². The first-order valence-corrected chi connectivity index (χ1v) is 11.5. The fourth-order valence-electron chi connectivity index (χ4n) is 3.16. The average molecular weight is 467 g/mol. The summed E-state index contributed by atoms with van der Waals surface area (Å²) in [6, 6.07) is 13.8. The molecule has 0 aliphatic carbocycles. The zero-order valence-electron chi connectivity index (χ0n) is 18.3. The highest BCUT2D eigenvalue weighted by Crippen LogP contribution is 2.34. The van der Waals surface area contributed by atoms with Crippen molar-refractivity contribution in [2.45, 2.75) is 48.3 Å². The predicted octanol–water partition coefficient (Wildman–Crippen LogP) is 2.14. The topological polar surface area (TPSA) is 148 Å². The van der Waals surface area contributed by atoms with Gasteiger partial charge in [0.1, 0.15) is 11.4 Å². The minimum absolute atomic E-state index is 0.261. The molecule has 32 heavy (non-hydrogen) atoms. The summed E-state index contributed by atoms with van der Waals surface area (Å²) in [4.78, 5) is 8.54. The van der Waals surface area contributed by atoms with Crippen LogP contribution in [0.2, 0.25) is 0 Å². The Hall–Kier alpha value is -2.66. The molecule has 2 aromatic rings. The first-order valence-electron chi connectivity index (χ1n) is 10.1. The second-order valence-electron chi connectivity index (χ2n) is 7.56. The van der Waals surface area contributed by atoms with Gasteiger partial charge in [0.15, 0.2) is 0 Å². The number of nitrogens with one attached hydrogen (secondary N) is 1. The largest absolute Gasteiger partial charge is 0.497 e. The number of aliphatic hydroxyl groups is 1. The number of benzene rings is 2. The summed E-state index contributed by atoms with van der Waals surface area (Å²) in [6.45, 7) is 2.79. The lowest BCUT2D eigenvalue weighted by Gasteiger charge is -2.43. The van der Waals surface area contributed by atoms with E-state index in [4.69, 9.17) is 15.2 Å². The van der Waals surface area contributed by atoms with E-state index in [-0.39, 0.29) is 11.3 Å². The van der Waals surface area contributed by atoms with Crippen LogP contribution in [0.3, 0.4) is 0 Å². The molecule has 176 valence electrons. The second-order valence-corrected chi connectivity index (χ2v) is 9.71. The van der Waals surface area contributed by atoms with Gasteiger partial charge in [0.05, 0.1) is 24.7 Å². The molecule has 1 unspecified atom stereocenters. The molecule has 0 saturated carbocycles. The molecule has 3 atom stereocenters. The van der Waals surface area contributed by atoms with Crippen LogP contribution in [0.4, 0.5) is 4.79 Å². The predicted molar refractivity (Wildman–Crippen MR) is 119 cm³/mol. The highest BCUT2D eigenvalue weighted by atomic mass is 32.2. The van der Waals surface area contributed by atoms with Crippen LogP contribution in [-0.2, 0) is 21.0 Å². The molecule has 1 amide bonds. The Balaban J connectivity index is 2.65. The van der Waals surface area contributed by atoms with E-state index in [9.17, 15) is 23.4 Å². The summed E-state index contributed by atoms with van der Waals surface area (Å²) in [5.74, 6) is 0.412. The van der Waals surface area contributed by atoms with Crippen molar-refractivity contribution in [3.8, 4) is 5.75 Å². The molecule has 0 spiro atoms. The van der Waals surface area contributed by atoms with Gasteiger partial charge in [-0.3, -0.25) is 5.32 Å². The van der Waals surface area contributed by atoms with Crippen LogP contribution in [0.25, 0.3) is 0 Å². The van der Waals surface area contributed by atoms with E-state index in [0.29, 0.717) is 17.7 Å². The first-order chi connectivity index (χ1) is 15.0. The van der Waals surface area contributed by atoms with Crippen molar-refractivity contribution in [1.82, 2.24) is 5.32 Å². The van der Waals surface area contributed by atoms with Gasteiger partial charge >= 0.3 is 6.09 Å². The number of amides is 1. The number of rotatable bonds is 11. The smallest absolute Gasteiger partial charge is 0.406 e. The Morgan fingerprint density at radius 1 is 1.16 bits per heavy atom. The number of methoxy groups -OCH3 is 1. The maximum atomic E-state index is 13.7. The van der Waals surface area contributed by atoms with Gasteiger partial charge in [0.25, 0.3) is 0 Å². The normalized spacial score (nSPS) is 16.4. The molecule has 0 aliphatic rings. The van der Waals surface area contributed by atoms with Crippen LogP contribution < -0.4 is 15.8 Å². The minimum Gasteiger partial charge on any atom is -0.497 e. The van der Waals surface area contributed by atoms with Gasteiger partial charge < -0.3 is 25.4 Å². The van der Waals surface area contributed by atoms with Crippen LogP contribution >= 0.6 is 0 Å². The van der Waals surface area contributed by atoms with E-state index >= 15 is 0 Å². The lowest BCUT2D eigenvalue weighted by atomic mass is 9.94. The van der Waals surface area contributed by atoms with E-state index in [2.05, 4.69) is 0 Å². The van der Waals surface area contributed by atoms with Crippen LogP contribution in [-0.4, -0.2) is 55.1 Å². The molecule has 0 heterocycles. The molecule has 0 bridgehead atoms. The molecule has 0 aromatic heterocycles. The molecular weight excluding hydrogens is 436 g/mol. The Labute approximate surface area is 188 Å². The summed E-state index contributed by atoms with van der Waals surface area (Å²) in [6.07, 6.45) is -1.76. The highest BCUT2D eigenvalue weighted by Gasteiger charge is 2.59. The number of carboxylic acid groups (broad SMARTS) is 1. The summed E-state index contributed by atoms with van der Waals surface area (Å²) in [7, 11) is -3.20. The standard InChI is InChI=1S/C22H30N2O7S/c1-4-16(2)31-15-22(27,32(28,29)19-12-10-18(30-3)11-13-19)21(23,24-20(25)26)14-17-8-6-5-7-9-17/h5-13,16,24,27H,4,14-15,23H2,1-3H3,(H,25,26)/t16?,21-,22-/m0/s1. The van der Waals surface area contributed by atoms with Crippen LogP contribution in [0.1, 0.15) is 25.8 Å². The van der Waals surface area contributed by atoms with Crippen molar-refractivity contribution in [1.29, 1.82) is 0 Å². The molecule has 2 rings (SSSR count). The van der Waals surface area contributed by atoms with Crippen LogP contribution in [0, 0.1) is 0 Å². The van der Waals surface area contributed by atoms with Crippen LogP contribution in [0.5, 0.6) is 5.75 Å². The highest BCUT2D eigenvalue weighted by molar-refractivity contribution is 7.92. The molecular formula is C22H30N2O7S. The summed E-state index contributed by atoms with van der Waals surface area (Å²) >= 11 is 0. The monoisotopic (exact) mass is 466 g/mol. The number of carbonyl (C=O) groups is 1. The van der Waals surface area contributed by atoms with E-state index in [1.165, 1.54) is 31.4 Å². The SMILES string of the molecule is CCC(C)OC[C@@](O)([C@](N)(Cc1ccccc1)NC(=O)O)S(=O)(=O)c1ccc(OC)cc1. The third kappa shape index (κ3) is 5.39. The zero-order valence-corrected chi connectivity index (χ0v) is 19.1. The minimum atomic E-state index is -4.63. The molecule has 0 fully saturated rings. The van der Waals surface area contributed by atoms with Crippen molar-refractivity contribution < 1.29 is 32.9 Å². The number of nitrogens with two attached hydrogens (primary N) is 1. The number of ether oxygens (including phenoxy) is 2. The van der Waals surface area contributed by atoms with E-state index in [1.807, 2.05) is 12.2 Å². The van der Waals surface area contributed by atoms with Crippen molar-refractivity contribution in [2.24, 2.45) is 5.73 Å². The summed E-state index contributed by atoms with van der Waals surface area (Å²) in [5.41, 5.74) is 4.57. The first kappa shape index (κ1) is 25.6. The maximum Gasteiger partial charge on any atom is 0.406 e. The zero-order chi connectivity index (χ0) is 24.0. The van der Waals surface area contributed by atoms with E-state index in [1.54, 1.807) is 37.3 Å². The molecule has 0 saturated heterocycles. The molecule has 5 N–H and O–H groups in total.